The molecular weight excluding hydrogens is 400 g/mol. The molecule has 8 heteroatoms. The van der Waals surface area contributed by atoms with Gasteiger partial charge in [-0.05, 0) is 44.2 Å². The summed E-state index contributed by atoms with van der Waals surface area (Å²) in [6, 6.07) is 2.03. The highest BCUT2D eigenvalue weighted by Gasteiger charge is 2.47. The Hall–Kier alpha value is -2.32. The van der Waals surface area contributed by atoms with Gasteiger partial charge in [0, 0.05) is 30.6 Å². The number of pyridine rings is 1. The minimum atomic E-state index is -3.27. The first-order valence-corrected chi connectivity index (χ1v) is 12.1. The van der Waals surface area contributed by atoms with E-state index < -0.39 is 14.6 Å². The Balaban J connectivity index is 1.71. The number of allylic oxidation sites excluding steroid dienone is 1. The second-order valence-corrected chi connectivity index (χ2v) is 11.1. The van der Waals surface area contributed by atoms with Crippen molar-refractivity contribution < 1.29 is 13.2 Å². The lowest BCUT2D eigenvalue weighted by atomic mass is 10.00. The lowest BCUT2D eigenvalue weighted by Crippen LogP contribution is -2.44. The van der Waals surface area contributed by atoms with Gasteiger partial charge in [0.1, 0.15) is 10.6 Å². The first-order chi connectivity index (χ1) is 14.4. The number of nitrogens with zero attached hydrogens (tertiary/aromatic N) is 4. The van der Waals surface area contributed by atoms with Crippen LogP contribution in [0.25, 0.3) is 17.5 Å². The van der Waals surface area contributed by atoms with Gasteiger partial charge in [-0.15, -0.1) is 0 Å². The number of anilines is 1. The summed E-state index contributed by atoms with van der Waals surface area (Å²) in [7, 11) is -3.27. The normalized spacial score (nSPS) is 27.4. The molecule has 2 saturated heterocycles. The summed E-state index contributed by atoms with van der Waals surface area (Å²) in [6.07, 6.45) is 9.92. The van der Waals surface area contributed by atoms with Crippen molar-refractivity contribution in [3.8, 4) is 11.4 Å². The molecule has 158 valence electrons. The molecule has 2 aromatic heterocycles. The number of sulfone groups is 1. The van der Waals surface area contributed by atoms with E-state index in [2.05, 4.69) is 29.0 Å². The number of hydrogen-bond acceptors (Lipinski definition) is 7. The molecule has 2 aromatic rings. The van der Waals surface area contributed by atoms with E-state index in [4.69, 9.17) is 14.7 Å². The number of rotatable bonds is 3. The minimum Gasteiger partial charge on any atom is -0.377 e. The van der Waals surface area contributed by atoms with Gasteiger partial charge in [0.15, 0.2) is 15.7 Å². The van der Waals surface area contributed by atoms with Crippen LogP contribution in [0.15, 0.2) is 24.5 Å². The summed E-state index contributed by atoms with van der Waals surface area (Å²) in [5.74, 6) is 1.51. The van der Waals surface area contributed by atoms with Gasteiger partial charge in [-0.1, -0.05) is 12.2 Å². The molecule has 5 rings (SSSR count). The second kappa shape index (κ2) is 7.13. The van der Waals surface area contributed by atoms with Gasteiger partial charge in [-0.25, -0.2) is 18.4 Å². The summed E-state index contributed by atoms with van der Waals surface area (Å²) < 4.78 is 30.5. The van der Waals surface area contributed by atoms with Crippen molar-refractivity contribution in [2.45, 2.75) is 43.9 Å². The highest BCUT2D eigenvalue weighted by Crippen LogP contribution is 2.42. The average Bonchev–Trinajstić information content (AvgIpc) is 3.32. The van der Waals surface area contributed by atoms with Crippen molar-refractivity contribution in [1.82, 2.24) is 15.0 Å². The maximum atomic E-state index is 13.0. The standard InChI is InChI=1S/C22H26N4O3S/c1-15-14-29-9-8-26(15)20-11-19(22(2)7-4-10-30(22,27)28)24-21(25-20)18-13-23-12-16-5-3-6-17(16)18/h3,6,11-13,15H,4-5,7-10,14H2,1-2H3/t15-,22?/m1/s1. The number of hydrogen-bond donors (Lipinski definition) is 0. The van der Waals surface area contributed by atoms with Crippen molar-refractivity contribution >= 4 is 21.7 Å². The summed E-state index contributed by atoms with van der Waals surface area (Å²) in [4.78, 5) is 16.3. The predicted molar refractivity (Wildman–Crippen MR) is 116 cm³/mol. The fraction of sp³-hybridized carbons (Fsp3) is 0.500. The van der Waals surface area contributed by atoms with Crippen molar-refractivity contribution in [3.05, 3.63) is 41.4 Å². The van der Waals surface area contributed by atoms with Crippen LogP contribution in [0.2, 0.25) is 0 Å². The molecule has 0 radical (unpaired) electrons. The van der Waals surface area contributed by atoms with Crippen LogP contribution in [0.3, 0.4) is 0 Å². The van der Waals surface area contributed by atoms with Gasteiger partial charge in [0.25, 0.3) is 0 Å². The number of fused-ring (bicyclic) bond motifs is 1. The Morgan fingerprint density at radius 2 is 2.13 bits per heavy atom. The maximum Gasteiger partial charge on any atom is 0.163 e. The van der Waals surface area contributed by atoms with Crippen LogP contribution in [0, 0.1) is 0 Å². The fourth-order valence-electron chi connectivity index (χ4n) is 4.66. The summed E-state index contributed by atoms with van der Waals surface area (Å²) in [6.45, 7) is 5.86. The van der Waals surface area contributed by atoms with E-state index in [9.17, 15) is 8.42 Å². The highest BCUT2D eigenvalue weighted by atomic mass is 32.2. The van der Waals surface area contributed by atoms with Crippen molar-refractivity contribution in [2.75, 3.05) is 30.4 Å². The van der Waals surface area contributed by atoms with E-state index >= 15 is 0 Å². The molecule has 2 atom stereocenters. The molecule has 4 heterocycles. The van der Waals surface area contributed by atoms with Gasteiger partial charge in [0.2, 0.25) is 0 Å². The molecule has 0 aromatic carbocycles. The number of morpholine rings is 1. The quantitative estimate of drug-likeness (QED) is 0.746. The van der Waals surface area contributed by atoms with Crippen molar-refractivity contribution in [2.24, 2.45) is 0 Å². The smallest absolute Gasteiger partial charge is 0.163 e. The molecule has 30 heavy (non-hydrogen) atoms. The molecule has 1 aliphatic carbocycles. The summed E-state index contributed by atoms with van der Waals surface area (Å²) in [5.41, 5.74) is 3.65. The minimum absolute atomic E-state index is 0.154. The molecule has 0 saturated carbocycles. The molecule has 3 aliphatic rings. The van der Waals surface area contributed by atoms with Crippen LogP contribution in [-0.2, 0) is 25.7 Å². The number of aromatic nitrogens is 3. The maximum absolute atomic E-state index is 13.0. The Morgan fingerprint density at radius 3 is 2.90 bits per heavy atom. The molecule has 2 aliphatic heterocycles. The molecular formula is C22H26N4O3S. The Morgan fingerprint density at radius 1 is 1.27 bits per heavy atom. The van der Waals surface area contributed by atoms with E-state index in [0.29, 0.717) is 44.1 Å². The number of ether oxygens (including phenoxy) is 1. The van der Waals surface area contributed by atoms with Gasteiger partial charge in [-0.2, -0.15) is 0 Å². The van der Waals surface area contributed by atoms with Crippen LogP contribution >= 0.6 is 0 Å². The Kier molecular flexibility index (Phi) is 4.67. The van der Waals surface area contributed by atoms with E-state index in [-0.39, 0.29) is 11.8 Å². The molecule has 1 unspecified atom stereocenters. The van der Waals surface area contributed by atoms with Crippen molar-refractivity contribution in [3.63, 3.8) is 0 Å². The molecule has 0 bridgehead atoms. The van der Waals surface area contributed by atoms with Gasteiger partial charge >= 0.3 is 0 Å². The highest BCUT2D eigenvalue weighted by molar-refractivity contribution is 7.92. The van der Waals surface area contributed by atoms with Crippen LogP contribution in [0.5, 0.6) is 0 Å². The lowest BCUT2D eigenvalue weighted by Gasteiger charge is -2.35. The third-order valence-corrected chi connectivity index (χ3v) is 9.22. The van der Waals surface area contributed by atoms with Crippen LogP contribution in [-0.4, -0.2) is 54.9 Å². The van der Waals surface area contributed by atoms with E-state index in [1.165, 1.54) is 0 Å². The van der Waals surface area contributed by atoms with Gasteiger partial charge < -0.3 is 9.64 Å². The summed E-state index contributed by atoms with van der Waals surface area (Å²) in [5, 5.41) is 0. The van der Waals surface area contributed by atoms with Crippen LogP contribution in [0.1, 0.15) is 43.5 Å². The van der Waals surface area contributed by atoms with E-state index in [1.54, 1.807) is 6.20 Å². The van der Waals surface area contributed by atoms with E-state index in [0.717, 1.165) is 28.9 Å². The first kappa shape index (κ1) is 19.6. The third kappa shape index (κ3) is 3.04. The molecule has 0 spiro atoms. The predicted octanol–water partition coefficient (Wildman–Crippen LogP) is 2.76. The zero-order valence-corrected chi connectivity index (χ0v) is 18.2. The SMILES string of the molecule is C[C@@H]1COCCN1c1cc(C2(C)CCCS2(=O)=O)nc(-c2cncc3c2C=CC3)n1. The van der Waals surface area contributed by atoms with E-state index in [1.807, 2.05) is 19.2 Å². The summed E-state index contributed by atoms with van der Waals surface area (Å²) >= 11 is 0. The monoisotopic (exact) mass is 426 g/mol. The molecule has 2 fully saturated rings. The fourth-order valence-corrected chi connectivity index (χ4v) is 6.52. The molecule has 0 N–H and O–H groups in total. The topological polar surface area (TPSA) is 85.3 Å². The van der Waals surface area contributed by atoms with Crippen molar-refractivity contribution in [1.29, 1.82) is 0 Å². The van der Waals surface area contributed by atoms with Crippen LogP contribution in [0.4, 0.5) is 5.82 Å². The van der Waals surface area contributed by atoms with Crippen LogP contribution < -0.4 is 4.90 Å². The lowest BCUT2D eigenvalue weighted by molar-refractivity contribution is 0.0985. The second-order valence-electron chi connectivity index (χ2n) is 8.57. The zero-order chi connectivity index (χ0) is 20.9. The Labute approximate surface area is 177 Å². The van der Waals surface area contributed by atoms with Gasteiger partial charge in [0.05, 0.1) is 30.7 Å². The zero-order valence-electron chi connectivity index (χ0n) is 17.3. The Bertz CT molecular complexity index is 1130. The molecule has 0 amide bonds. The molecule has 7 nitrogen and oxygen atoms in total. The third-order valence-electron chi connectivity index (χ3n) is 6.60. The largest absolute Gasteiger partial charge is 0.377 e. The van der Waals surface area contributed by atoms with Gasteiger partial charge in [-0.3, -0.25) is 4.98 Å². The average molecular weight is 427 g/mol. The first-order valence-electron chi connectivity index (χ1n) is 10.5.